The lowest BCUT2D eigenvalue weighted by Crippen LogP contribution is -2.38. The Kier molecular flexibility index (Phi) is 9.31. The molecule has 0 unspecified atom stereocenters. The molecule has 0 amide bonds. The van der Waals surface area contributed by atoms with E-state index in [2.05, 4.69) is 82.6 Å². The molecule has 0 fully saturated rings. The standard InChI is InChI=1S/C21H34N6O/c1-5-22-21(24-15-13-19-25-20(17(3)4)26-28-19)23-14-10-16-27(6-2)18-11-8-7-9-12-18/h7-9,11-12,17H,5-6,10,13-16H2,1-4H3,(H2,22,23,24). The maximum atomic E-state index is 5.28. The van der Waals surface area contributed by atoms with Crippen molar-refractivity contribution < 1.29 is 4.52 Å². The SMILES string of the molecule is CCNC(=NCCCN(CC)c1ccccc1)NCCc1nc(C(C)C)no1. The van der Waals surface area contributed by atoms with Gasteiger partial charge >= 0.3 is 0 Å². The lowest BCUT2D eigenvalue weighted by Gasteiger charge is -2.22. The average Bonchev–Trinajstić information content (AvgIpc) is 3.18. The highest BCUT2D eigenvalue weighted by Crippen LogP contribution is 2.13. The van der Waals surface area contributed by atoms with E-state index in [1.54, 1.807) is 0 Å². The fourth-order valence-electron chi connectivity index (χ4n) is 2.79. The summed E-state index contributed by atoms with van der Waals surface area (Å²) in [6, 6.07) is 10.5. The van der Waals surface area contributed by atoms with E-state index in [-0.39, 0.29) is 5.92 Å². The van der Waals surface area contributed by atoms with Crippen molar-refractivity contribution >= 4 is 11.6 Å². The molecule has 7 heteroatoms. The van der Waals surface area contributed by atoms with Gasteiger partial charge in [-0.05, 0) is 32.4 Å². The highest BCUT2D eigenvalue weighted by molar-refractivity contribution is 5.79. The molecular weight excluding hydrogens is 352 g/mol. The van der Waals surface area contributed by atoms with Crippen LogP contribution in [0, 0.1) is 0 Å². The van der Waals surface area contributed by atoms with E-state index in [0.717, 1.165) is 44.4 Å². The third-order valence-corrected chi connectivity index (χ3v) is 4.33. The normalized spacial score (nSPS) is 11.7. The summed E-state index contributed by atoms with van der Waals surface area (Å²) < 4.78 is 5.28. The van der Waals surface area contributed by atoms with Crippen molar-refractivity contribution in [2.45, 2.75) is 46.5 Å². The highest BCUT2D eigenvalue weighted by atomic mass is 16.5. The number of guanidine groups is 1. The molecule has 0 aliphatic heterocycles. The van der Waals surface area contributed by atoms with Gasteiger partial charge in [0.1, 0.15) is 0 Å². The smallest absolute Gasteiger partial charge is 0.228 e. The molecule has 154 valence electrons. The molecule has 0 aliphatic rings. The number of aromatic nitrogens is 2. The molecule has 28 heavy (non-hydrogen) atoms. The van der Waals surface area contributed by atoms with Crippen molar-refractivity contribution in [1.82, 2.24) is 20.8 Å². The van der Waals surface area contributed by atoms with Crippen molar-refractivity contribution in [2.24, 2.45) is 4.99 Å². The van der Waals surface area contributed by atoms with E-state index in [1.807, 2.05) is 6.07 Å². The van der Waals surface area contributed by atoms with Gasteiger partial charge in [-0.15, -0.1) is 0 Å². The van der Waals surface area contributed by atoms with Gasteiger partial charge in [0.05, 0.1) is 0 Å². The molecular formula is C21H34N6O. The zero-order valence-corrected chi connectivity index (χ0v) is 17.6. The van der Waals surface area contributed by atoms with Gasteiger partial charge in [0.15, 0.2) is 11.8 Å². The van der Waals surface area contributed by atoms with E-state index in [4.69, 9.17) is 4.52 Å². The minimum atomic E-state index is 0.280. The molecule has 0 spiro atoms. The van der Waals surface area contributed by atoms with Crippen LogP contribution in [0.4, 0.5) is 5.69 Å². The molecule has 0 aliphatic carbocycles. The fraction of sp³-hybridized carbons (Fsp3) is 0.571. The number of hydrogen-bond donors (Lipinski definition) is 2. The van der Waals surface area contributed by atoms with Gasteiger partial charge in [-0.25, -0.2) is 0 Å². The number of para-hydroxylation sites is 1. The summed E-state index contributed by atoms with van der Waals surface area (Å²) in [5.41, 5.74) is 1.26. The predicted octanol–water partition coefficient (Wildman–Crippen LogP) is 3.21. The highest BCUT2D eigenvalue weighted by Gasteiger charge is 2.09. The number of benzene rings is 1. The second kappa shape index (κ2) is 12.0. The van der Waals surface area contributed by atoms with Gasteiger partial charge in [0.25, 0.3) is 0 Å². The summed E-state index contributed by atoms with van der Waals surface area (Å²) in [5.74, 6) is 2.53. The fourth-order valence-corrected chi connectivity index (χ4v) is 2.79. The van der Waals surface area contributed by atoms with Crippen LogP contribution in [0.25, 0.3) is 0 Å². The molecule has 0 saturated heterocycles. The molecule has 0 atom stereocenters. The summed E-state index contributed by atoms with van der Waals surface area (Å²) in [7, 11) is 0. The Hall–Kier alpha value is -2.57. The predicted molar refractivity (Wildman–Crippen MR) is 115 cm³/mol. The second-order valence-electron chi connectivity index (χ2n) is 6.91. The average molecular weight is 387 g/mol. The molecule has 1 aromatic heterocycles. The Morgan fingerprint density at radius 2 is 1.96 bits per heavy atom. The van der Waals surface area contributed by atoms with Crippen molar-refractivity contribution in [1.29, 1.82) is 0 Å². The maximum absolute atomic E-state index is 5.28. The number of anilines is 1. The maximum Gasteiger partial charge on any atom is 0.228 e. The molecule has 0 bridgehead atoms. The lowest BCUT2D eigenvalue weighted by atomic mass is 10.2. The van der Waals surface area contributed by atoms with E-state index < -0.39 is 0 Å². The van der Waals surface area contributed by atoms with Crippen LogP contribution in [-0.4, -0.2) is 48.8 Å². The Bertz CT molecular complexity index is 698. The summed E-state index contributed by atoms with van der Waals surface area (Å²) in [6.07, 6.45) is 1.68. The lowest BCUT2D eigenvalue weighted by molar-refractivity contribution is 0.371. The monoisotopic (exact) mass is 386 g/mol. The van der Waals surface area contributed by atoms with Crippen LogP contribution in [0.2, 0.25) is 0 Å². The van der Waals surface area contributed by atoms with Crippen molar-refractivity contribution in [3.05, 3.63) is 42.0 Å². The minimum absolute atomic E-state index is 0.280. The topological polar surface area (TPSA) is 78.6 Å². The summed E-state index contributed by atoms with van der Waals surface area (Å²) in [5, 5.41) is 10.6. The van der Waals surface area contributed by atoms with Gasteiger partial charge in [0.2, 0.25) is 5.89 Å². The third kappa shape index (κ3) is 7.21. The summed E-state index contributed by atoms with van der Waals surface area (Å²) in [4.78, 5) is 11.5. The van der Waals surface area contributed by atoms with E-state index in [0.29, 0.717) is 18.9 Å². The first-order valence-corrected chi connectivity index (χ1v) is 10.3. The van der Waals surface area contributed by atoms with Crippen LogP contribution in [0.3, 0.4) is 0 Å². The van der Waals surface area contributed by atoms with Crippen LogP contribution < -0.4 is 15.5 Å². The molecule has 0 radical (unpaired) electrons. The molecule has 1 heterocycles. The number of nitrogens with zero attached hydrogens (tertiary/aromatic N) is 4. The van der Waals surface area contributed by atoms with Crippen LogP contribution in [0.15, 0.2) is 39.8 Å². The first kappa shape index (κ1) is 21.7. The van der Waals surface area contributed by atoms with Crippen molar-refractivity contribution in [2.75, 3.05) is 37.6 Å². The Labute approximate surface area is 168 Å². The first-order valence-electron chi connectivity index (χ1n) is 10.3. The summed E-state index contributed by atoms with van der Waals surface area (Å²) >= 11 is 0. The van der Waals surface area contributed by atoms with Crippen molar-refractivity contribution in [3.8, 4) is 0 Å². The minimum Gasteiger partial charge on any atom is -0.372 e. The first-order chi connectivity index (χ1) is 13.6. The third-order valence-electron chi connectivity index (χ3n) is 4.33. The van der Waals surface area contributed by atoms with E-state index in [9.17, 15) is 0 Å². The molecule has 7 nitrogen and oxygen atoms in total. The Morgan fingerprint density at radius 1 is 1.18 bits per heavy atom. The molecule has 2 N–H and O–H groups in total. The number of aliphatic imine (C=N–C) groups is 1. The number of nitrogens with one attached hydrogen (secondary N) is 2. The van der Waals surface area contributed by atoms with Crippen LogP contribution in [0.5, 0.6) is 0 Å². The quantitative estimate of drug-likeness (QED) is 0.351. The van der Waals surface area contributed by atoms with Gasteiger partial charge in [-0.2, -0.15) is 4.98 Å². The van der Waals surface area contributed by atoms with Gasteiger partial charge in [-0.3, -0.25) is 4.99 Å². The number of hydrogen-bond acceptors (Lipinski definition) is 5. The van der Waals surface area contributed by atoms with Crippen molar-refractivity contribution in [3.63, 3.8) is 0 Å². The molecule has 2 aromatic rings. The van der Waals surface area contributed by atoms with Gasteiger partial charge in [-0.1, -0.05) is 37.2 Å². The molecule has 1 aromatic carbocycles. The largest absolute Gasteiger partial charge is 0.372 e. The van der Waals surface area contributed by atoms with E-state index >= 15 is 0 Å². The van der Waals surface area contributed by atoms with Crippen LogP contribution >= 0.6 is 0 Å². The van der Waals surface area contributed by atoms with E-state index in [1.165, 1.54) is 5.69 Å². The summed E-state index contributed by atoms with van der Waals surface area (Å²) in [6.45, 7) is 12.7. The van der Waals surface area contributed by atoms with Crippen LogP contribution in [-0.2, 0) is 6.42 Å². The molecule has 0 saturated carbocycles. The number of rotatable bonds is 11. The molecule has 2 rings (SSSR count). The Balaban J connectivity index is 1.76. The zero-order valence-electron chi connectivity index (χ0n) is 17.6. The van der Waals surface area contributed by atoms with Gasteiger partial charge in [0, 0.05) is 50.7 Å². The van der Waals surface area contributed by atoms with Crippen LogP contribution in [0.1, 0.15) is 51.7 Å². The second-order valence-corrected chi connectivity index (χ2v) is 6.91. The van der Waals surface area contributed by atoms with Gasteiger partial charge < -0.3 is 20.1 Å². The zero-order chi connectivity index (χ0) is 20.2. The Morgan fingerprint density at radius 3 is 2.61 bits per heavy atom.